The fourth-order valence-corrected chi connectivity index (χ4v) is 4.11. The number of likely N-dealkylation sites (tertiary alicyclic amines) is 1. The van der Waals surface area contributed by atoms with Gasteiger partial charge in [0.15, 0.2) is 5.96 Å². The number of hydrogen-bond donors (Lipinski definition) is 2. The summed E-state index contributed by atoms with van der Waals surface area (Å²) in [5.74, 6) is 1.16. The molecule has 1 heterocycles. The molecular weight excluding hydrogens is 340 g/mol. The van der Waals surface area contributed by atoms with Gasteiger partial charge in [-0.2, -0.15) is 0 Å². The van der Waals surface area contributed by atoms with Crippen LogP contribution in [0.4, 0.5) is 0 Å². The summed E-state index contributed by atoms with van der Waals surface area (Å²) in [5.41, 5.74) is 0. The third-order valence-electron chi connectivity index (χ3n) is 5.65. The highest BCUT2D eigenvalue weighted by atomic mass is 16.5. The molecule has 156 valence electrons. The number of rotatable bonds is 10. The molecular formula is C21H40N4O2. The monoisotopic (exact) mass is 380 g/mol. The molecule has 1 saturated carbocycles. The fourth-order valence-electron chi connectivity index (χ4n) is 4.11. The van der Waals surface area contributed by atoms with E-state index in [0.29, 0.717) is 24.5 Å². The second-order valence-electron chi connectivity index (χ2n) is 7.71. The van der Waals surface area contributed by atoms with Gasteiger partial charge in [-0.05, 0) is 39.0 Å². The number of nitrogens with one attached hydrogen (secondary N) is 2. The molecule has 0 aromatic carbocycles. The Labute approximate surface area is 165 Å². The lowest BCUT2D eigenvalue weighted by atomic mass is 10.1. The topological polar surface area (TPSA) is 66.0 Å². The largest absolute Gasteiger partial charge is 0.376 e. The molecule has 1 amide bonds. The van der Waals surface area contributed by atoms with Gasteiger partial charge in [-0.3, -0.25) is 9.79 Å². The summed E-state index contributed by atoms with van der Waals surface area (Å²) in [5, 5.41) is 6.68. The molecule has 2 aliphatic rings. The van der Waals surface area contributed by atoms with Crippen LogP contribution in [-0.4, -0.2) is 61.7 Å². The molecule has 27 heavy (non-hydrogen) atoms. The lowest BCUT2D eigenvalue weighted by Gasteiger charge is -2.26. The van der Waals surface area contributed by atoms with Crippen molar-refractivity contribution in [2.45, 2.75) is 90.2 Å². The molecule has 1 saturated heterocycles. The lowest BCUT2D eigenvalue weighted by molar-refractivity contribution is -0.129. The number of aliphatic imine (C=N–C) groups is 1. The highest BCUT2D eigenvalue weighted by Crippen LogP contribution is 2.19. The zero-order chi connectivity index (χ0) is 19.3. The van der Waals surface area contributed by atoms with Crippen molar-refractivity contribution in [2.75, 3.05) is 32.8 Å². The van der Waals surface area contributed by atoms with E-state index < -0.39 is 0 Å². The van der Waals surface area contributed by atoms with E-state index >= 15 is 0 Å². The molecule has 0 bridgehead atoms. The Kier molecular flexibility index (Phi) is 10.6. The standard InChI is InChI=1S/C21H40N4O2/c1-3-18(25-16-9-12-20(25)26)13-14-23-21(22-4-2)24-15-17-27-19-10-7-5-6-8-11-19/h18-19H,3-17H2,1-2H3,(H2,22,23,24). The van der Waals surface area contributed by atoms with Crippen molar-refractivity contribution in [1.82, 2.24) is 15.5 Å². The van der Waals surface area contributed by atoms with E-state index in [9.17, 15) is 4.79 Å². The summed E-state index contributed by atoms with van der Waals surface area (Å²) >= 11 is 0. The van der Waals surface area contributed by atoms with Crippen LogP contribution in [0.3, 0.4) is 0 Å². The zero-order valence-corrected chi connectivity index (χ0v) is 17.5. The molecule has 1 atom stereocenters. The molecule has 6 nitrogen and oxygen atoms in total. The van der Waals surface area contributed by atoms with Gasteiger partial charge in [0.05, 0.1) is 12.7 Å². The summed E-state index contributed by atoms with van der Waals surface area (Å²) in [6, 6.07) is 0.324. The first kappa shape index (κ1) is 22.0. The predicted octanol–water partition coefficient (Wildman–Crippen LogP) is 3.07. The van der Waals surface area contributed by atoms with E-state index in [-0.39, 0.29) is 0 Å². The smallest absolute Gasteiger partial charge is 0.222 e. The van der Waals surface area contributed by atoms with Crippen molar-refractivity contribution < 1.29 is 9.53 Å². The van der Waals surface area contributed by atoms with Crippen molar-refractivity contribution in [1.29, 1.82) is 0 Å². The van der Waals surface area contributed by atoms with Crippen LogP contribution in [0.15, 0.2) is 4.99 Å². The van der Waals surface area contributed by atoms with Crippen LogP contribution < -0.4 is 10.6 Å². The minimum absolute atomic E-state index is 0.312. The van der Waals surface area contributed by atoms with Crippen molar-refractivity contribution in [3.05, 3.63) is 0 Å². The van der Waals surface area contributed by atoms with Gasteiger partial charge < -0.3 is 20.3 Å². The van der Waals surface area contributed by atoms with E-state index in [4.69, 9.17) is 9.73 Å². The van der Waals surface area contributed by atoms with Crippen molar-refractivity contribution in [3.63, 3.8) is 0 Å². The molecule has 2 N–H and O–H groups in total. The average molecular weight is 381 g/mol. The van der Waals surface area contributed by atoms with E-state index in [2.05, 4.69) is 29.4 Å². The van der Waals surface area contributed by atoms with E-state index in [1.54, 1.807) is 0 Å². The first-order valence-electron chi connectivity index (χ1n) is 11.2. The molecule has 0 aromatic rings. The average Bonchev–Trinajstić information content (AvgIpc) is 2.93. The third-order valence-corrected chi connectivity index (χ3v) is 5.65. The van der Waals surface area contributed by atoms with Crippen LogP contribution in [-0.2, 0) is 9.53 Å². The van der Waals surface area contributed by atoms with E-state index in [0.717, 1.165) is 58.0 Å². The molecule has 1 aliphatic carbocycles. The number of hydrogen-bond acceptors (Lipinski definition) is 3. The Hall–Kier alpha value is -1.30. The number of ether oxygens (including phenoxy) is 1. The summed E-state index contributed by atoms with van der Waals surface area (Å²) in [4.78, 5) is 18.7. The first-order chi connectivity index (χ1) is 13.2. The summed E-state index contributed by atoms with van der Waals surface area (Å²) < 4.78 is 6.04. The first-order valence-corrected chi connectivity index (χ1v) is 11.2. The molecule has 0 radical (unpaired) electrons. The third kappa shape index (κ3) is 8.08. The van der Waals surface area contributed by atoms with Crippen LogP contribution >= 0.6 is 0 Å². The molecule has 1 aliphatic heterocycles. The fraction of sp³-hybridized carbons (Fsp3) is 0.905. The Bertz CT molecular complexity index is 447. The van der Waals surface area contributed by atoms with Crippen LogP contribution in [0.1, 0.15) is 78.1 Å². The summed E-state index contributed by atoms with van der Waals surface area (Å²) in [6.07, 6.45) is 11.8. The van der Waals surface area contributed by atoms with E-state index in [1.807, 2.05) is 0 Å². The van der Waals surface area contributed by atoms with Crippen molar-refractivity contribution in [3.8, 4) is 0 Å². The quantitative estimate of drug-likeness (QED) is 0.265. The number of guanidine groups is 1. The molecule has 0 aromatic heterocycles. The van der Waals surface area contributed by atoms with Crippen LogP contribution in [0.2, 0.25) is 0 Å². The number of carbonyl (C=O) groups excluding carboxylic acids is 1. The highest BCUT2D eigenvalue weighted by molar-refractivity contribution is 5.79. The molecule has 1 unspecified atom stereocenters. The maximum absolute atomic E-state index is 12.0. The normalized spacial score (nSPS) is 20.6. The molecule has 2 fully saturated rings. The number of carbonyl (C=O) groups is 1. The highest BCUT2D eigenvalue weighted by Gasteiger charge is 2.26. The van der Waals surface area contributed by atoms with Crippen molar-refractivity contribution >= 4 is 11.9 Å². The van der Waals surface area contributed by atoms with Gasteiger partial charge in [0.2, 0.25) is 5.91 Å². The Morgan fingerprint density at radius 2 is 1.96 bits per heavy atom. The van der Waals surface area contributed by atoms with Gasteiger partial charge in [0, 0.05) is 38.6 Å². The molecule has 6 heteroatoms. The van der Waals surface area contributed by atoms with Gasteiger partial charge in [-0.1, -0.05) is 32.6 Å². The zero-order valence-electron chi connectivity index (χ0n) is 17.5. The Morgan fingerprint density at radius 3 is 2.59 bits per heavy atom. The van der Waals surface area contributed by atoms with Gasteiger partial charge in [-0.25, -0.2) is 0 Å². The minimum atomic E-state index is 0.312. The van der Waals surface area contributed by atoms with Crippen molar-refractivity contribution in [2.24, 2.45) is 4.99 Å². The Balaban J connectivity index is 1.68. The number of amides is 1. The van der Waals surface area contributed by atoms with Gasteiger partial charge in [0.25, 0.3) is 0 Å². The van der Waals surface area contributed by atoms with Crippen LogP contribution in [0.25, 0.3) is 0 Å². The second kappa shape index (κ2) is 13.0. The SMILES string of the molecule is CCNC(=NCCC(CC)N1CCCC1=O)NCCOC1CCCCCC1. The van der Waals surface area contributed by atoms with E-state index in [1.165, 1.54) is 38.5 Å². The van der Waals surface area contributed by atoms with Crippen LogP contribution in [0, 0.1) is 0 Å². The lowest BCUT2D eigenvalue weighted by Crippen LogP contribution is -2.40. The maximum atomic E-state index is 12.0. The maximum Gasteiger partial charge on any atom is 0.222 e. The Morgan fingerprint density at radius 1 is 1.19 bits per heavy atom. The van der Waals surface area contributed by atoms with Gasteiger partial charge in [-0.15, -0.1) is 0 Å². The predicted molar refractivity (Wildman–Crippen MR) is 111 cm³/mol. The van der Waals surface area contributed by atoms with Gasteiger partial charge in [0.1, 0.15) is 0 Å². The summed E-state index contributed by atoms with van der Waals surface area (Å²) in [6.45, 7) is 8.25. The minimum Gasteiger partial charge on any atom is -0.376 e. The molecule has 0 spiro atoms. The van der Waals surface area contributed by atoms with Crippen LogP contribution in [0.5, 0.6) is 0 Å². The number of nitrogens with zero attached hydrogens (tertiary/aromatic N) is 2. The summed E-state index contributed by atoms with van der Waals surface area (Å²) in [7, 11) is 0. The second-order valence-corrected chi connectivity index (χ2v) is 7.71. The van der Waals surface area contributed by atoms with Gasteiger partial charge >= 0.3 is 0 Å². The molecule has 2 rings (SSSR count).